The number of rotatable bonds is 5. The van der Waals surface area contributed by atoms with Gasteiger partial charge < -0.3 is 5.32 Å². The van der Waals surface area contributed by atoms with Crippen molar-refractivity contribution in [3.63, 3.8) is 0 Å². The third kappa shape index (κ3) is 3.57. The van der Waals surface area contributed by atoms with Crippen LogP contribution in [0.15, 0.2) is 41.0 Å². The van der Waals surface area contributed by atoms with Gasteiger partial charge in [0.05, 0.1) is 11.7 Å². The van der Waals surface area contributed by atoms with Crippen molar-refractivity contribution in [1.82, 2.24) is 10.3 Å². The maximum atomic E-state index is 14.2. The SMILES string of the molecule is CCCNC(c1ccc(Cl)cc1F)c1ncccc1Br. The van der Waals surface area contributed by atoms with Crippen LogP contribution >= 0.6 is 27.5 Å². The molecule has 1 N–H and O–H groups in total. The molecule has 0 saturated heterocycles. The number of hydrogen-bond donors (Lipinski definition) is 1. The van der Waals surface area contributed by atoms with Crippen molar-refractivity contribution in [2.24, 2.45) is 0 Å². The molecule has 0 amide bonds. The van der Waals surface area contributed by atoms with Gasteiger partial charge in [0.1, 0.15) is 5.82 Å². The minimum absolute atomic E-state index is 0.303. The molecule has 106 valence electrons. The Morgan fingerprint density at radius 1 is 1.40 bits per heavy atom. The normalized spacial score (nSPS) is 12.4. The highest BCUT2D eigenvalue weighted by molar-refractivity contribution is 9.10. The van der Waals surface area contributed by atoms with Gasteiger partial charge in [0.15, 0.2) is 0 Å². The van der Waals surface area contributed by atoms with Crippen LogP contribution < -0.4 is 5.32 Å². The van der Waals surface area contributed by atoms with E-state index in [1.54, 1.807) is 18.3 Å². The molecule has 1 aromatic carbocycles. The molecule has 0 spiro atoms. The number of hydrogen-bond acceptors (Lipinski definition) is 2. The summed E-state index contributed by atoms with van der Waals surface area (Å²) in [6, 6.07) is 8.15. The zero-order valence-electron chi connectivity index (χ0n) is 11.0. The highest BCUT2D eigenvalue weighted by atomic mass is 79.9. The van der Waals surface area contributed by atoms with E-state index in [1.165, 1.54) is 6.07 Å². The first-order chi connectivity index (χ1) is 9.63. The van der Waals surface area contributed by atoms with Crippen LogP contribution in [0.25, 0.3) is 0 Å². The first kappa shape index (κ1) is 15.4. The average Bonchev–Trinajstić information content (AvgIpc) is 2.42. The van der Waals surface area contributed by atoms with Crippen LogP contribution in [0.2, 0.25) is 5.02 Å². The Bertz CT molecular complexity index is 592. The molecule has 1 atom stereocenters. The molecule has 20 heavy (non-hydrogen) atoms. The largest absolute Gasteiger partial charge is 0.305 e. The van der Waals surface area contributed by atoms with Gasteiger partial charge in [0.25, 0.3) is 0 Å². The minimum atomic E-state index is -0.330. The predicted octanol–water partition coefficient (Wildman–Crippen LogP) is 4.73. The Labute approximate surface area is 131 Å². The van der Waals surface area contributed by atoms with Crippen LogP contribution in [-0.2, 0) is 0 Å². The van der Waals surface area contributed by atoms with Gasteiger partial charge in [0, 0.05) is 21.3 Å². The standard InChI is InChI=1S/C15H15BrClFN2/c1-2-7-19-14(15-12(16)4-3-8-20-15)11-6-5-10(17)9-13(11)18/h3-6,8-9,14,19H,2,7H2,1H3. The van der Waals surface area contributed by atoms with E-state index in [-0.39, 0.29) is 11.9 Å². The maximum Gasteiger partial charge on any atom is 0.129 e. The number of pyridine rings is 1. The van der Waals surface area contributed by atoms with Crippen molar-refractivity contribution in [3.8, 4) is 0 Å². The molecule has 1 heterocycles. The number of nitrogens with one attached hydrogen (secondary N) is 1. The molecule has 2 nitrogen and oxygen atoms in total. The van der Waals surface area contributed by atoms with Crippen molar-refractivity contribution in [1.29, 1.82) is 0 Å². The van der Waals surface area contributed by atoms with Crippen LogP contribution in [-0.4, -0.2) is 11.5 Å². The lowest BCUT2D eigenvalue weighted by Gasteiger charge is -2.20. The molecule has 0 saturated carbocycles. The van der Waals surface area contributed by atoms with Crippen LogP contribution in [0, 0.1) is 5.82 Å². The van der Waals surface area contributed by atoms with Gasteiger partial charge in [-0.2, -0.15) is 0 Å². The summed E-state index contributed by atoms with van der Waals surface area (Å²) in [6.07, 6.45) is 2.66. The smallest absolute Gasteiger partial charge is 0.129 e. The highest BCUT2D eigenvalue weighted by Crippen LogP contribution is 2.29. The molecule has 0 radical (unpaired) electrons. The summed E-state index contributed by atoms with van der Waals surface area (Å²) in [7, 11) is 0. The Balaban J connectivity index is 2.44. The first-order valence-corrected chi connectivity index (χ1v) is 7.59. The van der Waals surface area contributed by atoms with Gasteiger partial charge in [-0.15, -0.1) is 0 Å². The second kappa shape index (κ2) is 7.16. The lowest BCUT2D eigenvalue weighted by atomic mass is 10.0. The molecule has 2 rings (SSSR count). The molecule has 0 bridgehead atoms. The van der Waals surface area contributed by atoms with E-state index in [0.29, 0.717) is 10.6 Å². The van der Waals surface area contributed by atoms with Crippen LogP contribution in [0.3, 0.4) is 0 Å². The summed E-state index contributed by atoms with van der Waals surface area (Å²) in [5.74, 6) is -0.330. The van der Waals surface area contributed by atoms with Gasteiger partial charge in [-0.05, 0) is 53.2 Å². The van der Waals surface area contributed by atoms with Gasteiger partial charge in [-0.3, -0.25) is 4.98 Å². The molecule has 1 aromatic heterocycles. The van der Waals surface area contributed by atoms with Crippen LogP contribution in [0.4, 0.5) is 4.39 Å². The maximum absolute atomic E-state index is 14.2. The van der Waals surface area contributed by atoms with E-state index >= 15 is 0 Å². The average molecular weight is 358 g/mol. The monoisotopic (exact) mass is 356 g/mol. The van der Waals surface area contributed by atoms with E-state index < -0.39 is 0 Å². The molecular weight excluding hydrogens is 343 g/mol. The zero-order valence-corrected chi connectivity index (χ0v) is 13.4. The summed E-state index contributed by atoms with van der Waals surface area (Å²) < 4.78 is 15.0. The van der Waals surface area contributed by atoms with Gasteiger partial charge in [0.2, 0.25) is 0 Å². The van der Waals surface area contributed by atoms with Crippen molar-refractivity contribution >= 4 is 27.5 Å². The molecule has 2 aromatic rings. The van der Waals surface area contributed by atoms with E-state index in [0.717, 1.165) is 23.1 Å². The quantitative estimate of drug-likeness (QED) is 0.837. The van der Waals surface area contributed by atoms with E-state index in [1.807, 2.05) is 12.1 Å². The molecule has 0 aliphatic rings. The second-order valence-electron chi connectivity index (χ2n) is 4.42. The highest BCUT2D eigenvalue weighted by Gasteiger charge is 2.20. The van der Waals surface area contributed by atoms with Crippen molar-refractivity contribution in [2.75, 3.05) is 6.54 Å². The number of nitrogens with zero attached hydrogens (tertiary/aromatic N) is 1. The summed E-state index contributed by atoms with van der Waals surface area (Å²) in [5.41, 5.74) is 1.31. The molecular formula is C15H15BrClFN2. The van der Waals surface area contributed by atoms with Crippen molar-refractivity contribution in [2.45, 2.75) is 19.4 Å². The third-order valence-electron chi connectivity index (χ3n) is 2.93. The fraction of sp³-hybridized carbons (Fsp3) is 0.267. The Hall–Kier alpha value is -0.970. The Morgan fingerprint density at radius 2 is 2.20 bits per heavy atom. The lowest BCUT2D eigenvalue weighted by Crippen LogP contribution is -2.25. The molecule has 0 aliphatic carbocycles. The van der Waals surface area contributed by atoms with Crippen molar-refractivity contribution < 1.29 is 4.39 Å². The minimum Gasteiger partial charge on any atom is -0.305 e. The summed E-state index contributed by atoms with van der Waals surface area (Å²) in [4.78, 5) is 4.36. The first-order valence-electron chi connectivity index (χ1n) is 6.42. The third-order valence-corrected chi connectivity index (χ3v) is 3.84. The lowest BCUT2D eigenvalue weighted by molar-refractivity contribution is 0.538. The Morgan fingerprint density at radius 3 is 2.85 bits per heavy atom. The molecule has 0 fully saturated rings. The van der Waals surface area contributed by atoms with Gasteiger partial charge in [-0.25, -0.2) is 4.39 Å². The topological polar surface area (TPSA) is 24.9 Å². The number of halogens is 3. The zero-order chi connectivity index (χ0) is 14.5. The van der Waals surface area contributed by atoms with E-state index in [9.17, 15) is 4.39 Å². The van der Waals surface area contributed by atoms with Gasteiger partial charge >= 0.3 is 0 Å². The summed E-state index contributed by atoms with van der Waals surface area (Å²) in [6.45, 7) is 2.84. The summed E-state index contributed by atoms with van der Waals surface area (Å²) >= 11 is 9.29. The molecule has 5 heteroatoms. The van der Waals surface area contributed by atoms with Crippen LogP contribution in [0.5, 0.6) is 0 Å². The predicted molar refractivity (Wildman–Crippen MR) is 83.5 cm³/mol. The van der Waals surface area contributed by atoms with E-state index in [2.05, 4.69) is 33.2 Å². The number of benzene rings is 1. The fourth-order valence-corrected chi connectivity index (χ4v) is 2.63. The van der Waals surface area contributed by atoms with Crippen molar-refractivity contribution in [3.05, 3.63) is 63.1 Å². The molecule has 1 unspecified atom stereocenters. The fourth-order valence-electron chi connectivity index (χ4n) is 1.99. The number of aromatic nitrogens is 1. The summed E-state index contributed by atoms with van der Waals surface area (Å²) in [5, 5.41) is 3.72. The van der Waals surface area contributed by atoms with Gasteiger partial charge in [-0.1, -0.05) is 24.6 Å². The Kier molecular flexibility index (Phi) is 5.52. The second-order valence-corrected chi connectivity index (χ2v) is 5.71. The van der Waals surface area contributed by atoms with E-state index in [4.69, 9.17) is 11.6 Å². The van der Waals surface area contributed by atoms with Crippen LogP contribution in [0.1, 0.15) is 30.6 Å². The molecule has 0 aliphatic heterocycles.